The average molecular weight is 609 g/mol. The Morgan fingerprint density at radius 1 is 1.03 bits per heavy atom. The maximum Gasteiger partial charge on any atom is 0.410 e. The first-order valence-corrected chi connectivity index (χ1v) is 15.1. The number of nitrogens with zero attached hydrogens (tertiary/aromatic N) is 3. The van der Waals surface area contributed by atoms with Crippen molar-refractivity contribution < 1.29 is 29.0 Å². The number of rotatable bonds is 9. The lowest BCUT2D eigenvalue weighted by molar-refractivity contribution is -0.143. The van der Waals surface area contributed by atoms with Crippen LogP contribution in [0.25, 0.3) is 0 Å². The van der Waals surface area contributed by atoms with Crippen molar-refractivity contribution in [3.05, 3.63) is 28.2 Å². The normalized spacial score (nSPS) is 23.2. The molecule has 3 fully saturated rings. The molecule has 3 heterocycles. The maximum atomic E-state index is 13.7. The minimum absolute atomic E-state index is 0.122. The summed E-state index contributed by atoms with van der Waals surface area (Å²) in [6, 6.07) is 5.10. The van der Waals surface area contributed by atoms with Gasteiger partial charge in [-0.15, -0.1) is 0 Å². The van der Waals surface area contributed by atoms with Crippen molar-refractivity contribution in [2.24, 2.45) is 17.8 Å². The van der Waals surface area contributed by atoms with Gasteiger partial charge in [-0.25, -0.2) is 4.79 Å². The zero-order chi connectivity index (χ0) is 27.9. The topological polar surface area (TPSA) is 99.6 Å². The van der Waals surface area contributed by atoms with Gasteiger partial charge in [-0.2, -0.15) is 0 Å². The monoisotopic (exact) mass is 607 g/mol. The molecule has 39 heavy (non-hydrogen) atoms. The number of carbonyl (C=O) groups excluding carboxylic acids is 3. The molecule has 1 aromatic carbocycles. The van der Waals surface area contributed by atoms with Crippen molar-refractivity contribution >= 4 is 33.9 Å². The number of amides is 2. The number of phenols is 1. The number of halogens is 1. The van der Waals surface area contributed by atoms with Gasteiger partial charge in [0.05, 0.1) is 17.5 Å². The smallest absolute Gasteiger partial charge is 0.410 e. The summed E-state index contributed by atoms with van der Waals surface area (Å²) in [7, 11) is 0. The highest BCUT2D eigenvalue weighted by atomic mass is 79.9. The van der Waals surface area contributed by atoms with Gasteiger partial charge in [0.25, 0.3) is 5.91 Å². The van der Waals surface area contributed by atoms with Gasteiger partial charge in [-0.3, -0.25) is 9.59 Å². The zero-order valence-corrected chi connectivity index (χ0v) is 24.7. The van der Waals surface area contributed by atoms with Crippen molar-refractivity contribution in [2.45, 2.75) is 58.5 Å². The first kappa shape index (κ1) is 29.6. The molecule has 216 valence electrons. The molecule has 0 aliphatic carbocycles. The second kappa shape index (κ2) is 13.8. The second-order valence-corrected chi connectivity index (χ2v) is 12.1. The van der Waals surface area contributed by atoms with Crippen molar-refractivity contribution in [1.29, 1.82) is 0 Å². The highest BCUT2D eigenvalue weighted by molar-refractivity contribution is 9.10. The summed E-state index contributed by atoms with van der Waals surface area (Å²) in [5.41, 5.74) is 0.807. The van der Waals surface area contributed by atoms with Crippen LogP contribution in [0.5, 0.6) is 5.75 Å². The van der Waals surface area contributed by atoms with Crippen LogP contribution in [0.1, 0.15) is 51.5 Å². The van der Waals surface area contributed by atoms with E-state index >= 15 is 0 Å². The molecule has 0 bridgehead atoms. The molecule has 2 amide bonds. The van der Waals surface area contributed by atoms with Gasteiger partial charge >= 0.3 is 12.1 Å². The standard InChI is InChI=1S/C29H42BrN3O6/c1-3-38-27(35)10-12-31-11-8-22(18-31)23-9-15-33(19-23)28(36)26(17-21-4-5-25(34)24(30)16-21)39-29(37)32-13-6-20(2)7-14-32/h4-5,16,20,22-23,26,34H,3,6-15,17-19H2,1-2H3. The Hall–Kier alpha value is -2.33. The fourth-order valence-corrected chi connectivity index (χ4v) is 6.39. The SMILES string of the molecule is CCOC(=O)CCN1CCC(C2CCN(C(=O)C(Cc3ccc(O)c(Br)c3)OC(=O)N3CCC(C)CC3)C2)C1. The largest absolute Gasteiger partial charge is 0.507 e. The third kappa shape index (κ3) is 8.10. The Morgan fingerprint density at radius 3 is 2.44 bits per heavy atom. The van der Waals surface area contributed by atoms with Crippen LogP contribution in [0.15, 0.2) is 22.7 Å². The lowest BCUT2D eigenvalue weighted by Gasteiger charge is -2.31. The van der Waals surface area contributed by atoms with E-state index < -0.39 is 12.2 Å². The highest BCUT2D eigenvalue weighted by Crippen LogP contribution is 2.32. The van der Waals surface area contributed by atoms with Crippen LogP contribution in [-0.4, -0.2) is 96.3 Å². The molecule has 3 saturated heterocycles. The molecule has 3 atom stereocenters. The summed E-state index contributed by atoms with van der Waals surface area (Å²) in [5.74, 6) is 1.27. The van der Waals surface area contributed by atoms with Crippen molar-refractivity contribution in [3.63, 3.8) is 0 Å². The predicted octanol–water partition coefficient (Wildman–Crippen LogP) is 4.06. The molecule has 0 aromatic heterocycles. The minimum atomic E-state index is -0.920. The van der Waals surface area contributed by atoms with Crippen LogP contribution >= 0.6 is 15.9 Å². The summed E-state index contributed by atoms with van der Waals surface area (Å²) < 4.78 is 11.5. The molecule has 3 aliphatic rings. The third-order valence-corrected chi connectivity index (χ3v) is 9.08. The van der Waals surface area contributed by atoms with Crippen LogP contribution < -0.4 is 0 Å². The molecule has 9 nitrogen and oxygen atoms in total. The minimum Gasteiger partial charge on any atom is -0.507 e. The summed E-state index contributed by atoms with van der Waals surface area (Å²) in [5, 5.41) is 9.89. The second-order valence-electron chi connectivity index (χ2n) is 11.3. The number of phenolic OH excluding ortho intramolecular Hbond substituents is 1. The van der Waals surface area contributed by atoms with Gasteiger partial charge in [0, 0.05) is 45.7 Å². The first-order chi connectivity index (χ1) is 18.7. The fourth-order valence-electron chi connectivity index (χ4n) is 5.97. The summed E-state index contributed by atoms with van der Waals surface area (Å²) >= 11 is 3.34. The fraction of sp³-hybridized carbons (Fsp3) is 0.690. The van der Waals surface area contributed by atoms with E-state index in [0.29, 0.717) is 68.0 Å². The Balaban J connectivity index is 1.36. The van der Waals surface area contributed by atoms with E-state index in [1.807, 2.05) is 11.8 Å². The number of aromatic hydroxyl groups is 1. The van der Waals surface area contributed by atoms with Gasteiger partial charge in [-0.1, -0.05) is 13.0 Å². The molecule has 0 radical (unpaired) electrons. The predicted molar refractivity (Wildman–Crippen MR) is 150 cm³/mol. The Morgan fingerprint density at radius 2 is 1.72 bits per heavy atom. The van der Waals surface area contributed by atoms with E-state index in [-0.39, 0.29) is 24.0 Å². The molecule has 3 unspecified atom stereocenters. The van der Waals surface area contributed by atoms with E-state index in [9.17, 15) is 19.5 Å². The maximum absolute atomic E-state index is 13.7. The molecule has 1 N–H and O–H groups in total. The number of likely N-dealkylation sites (tertiary alicyclic amines) is 3. The third-order valence-electron chi connectivity index (χ3n) is 8.44. The summed E-state index contributed by atoms with van der Waals surface area (Å²) in [6.07, 6.45) is 3.17. The summed E-state index contributed by atoms with van der Waals surface area (Å²) in [6.45, 7) is 9.61. The molecule has 0 saturated carbocycles. The Labute approximate surface area is 239 Å². The molecular weight excluding hydrogens is 566 g/mol. The zero-order valence-electron chi connectivity index (χ0n) is 23.1. The van der Waals surface area contributed by atoms with E-state index in [2.05, 4.69) is 27.8 Å². The van der Waals surface area contributed by atoms with Crippen molar-refractivity contribution in [1.82, 2.24) is 14.7 Å². The van der Waals surface area contributed by atoms with Gasteiger partial charge in [0.2, 0.25) is 0 Å². The number of piperidine rings is 1. The van der Waals surface area contributed by atoms with Crippen LogP contribution in [0.4, 0.5) is 4.79 Å². The number of carbonyl (C=O) groups is 3. The number of esters is 1. The molecule has 4 rings (SSSR count). The van der Waals surface area contributed by atoms with Gasteiger partial charge in [-0.05, 0) is 90.5 Å². The lowest BCUT2D eigenvalue weighted by Crippen LogP contribution is -2.45. The molecule has 1 aromatic rings. The van der Waals surface area contributed by atoms with E-state index in [1.54, 1.807) is 23.1 Å². The number of benzene rings is 1. The number of hydrogen-bond donors (Lipinski definition) is 1. The van der Waals surface area contributed by atoms with E-state index in [1.165, 1.54) is 0 Å². The number of hydrogen-bond acceptors (Lipinski definition) is 7. The summed E-state index contributed by atoms with van der Waals surface area (Å²) in [4.78, 5) is 44.4. The molecule has 10 heteroatoms. The van der Waals surface area contributed by atoms with Crippen LogP contribution in [0, 0.1) is 17.8 Å². The highest BCUT2D eigenvalue weighted by Gasteiger charge is 2.39. The molecule has 3 aliphatic heterocycles. The number of ether oxygens (including phenoxy) is 2. The van der Waals surface area contributed by atoms with Gasteiger partial charge in [0.1, 0.15) is 5.75 Å². The van der Waals surface area contributed by atoms with Gasteiger partial charge in [0.15, 0.2) is 6.10 Å². The Bertz CT molecular complexity index is 1010. The average Bonchev–Trinajstić information content (AvgIpc) is 3.59. The van der Waals surface area contributed by atoms with Crippen LogP contribution in [0.2, 0.25) is 0 Å². The van der Waals surface area contributed by atoms with Gasteiger partial charge < -0.3 is 29.3 Å². The van der Waals surface area contributed by atoms with Crippen LogP contribution in [0.3, 0.4) is 0 Å². The Kier molecular flexibility index (Phi) is 10.5. The van der Waals surface area contributed by atoms with Crippen molar-refractivity contribution in [2.75, 3.05) is 52.4 Å². The first-order valence-electron chi connectivity index (χ1n) is 14.3. The molecule has 0 spiro atoms. The van der Waals surface area contributed by atoms with Crippen LogP contribution in [-0.2, 0) is 25.5 Å². The lowest BCUT2D eigenvalue weighted by atomic mass is 9.91. The van der Waals surface area contributed by atoms with Crippen molar-refractivity contribution in [3.8, 4) is 5.75 Å². The van der Waals surface area contributed by atoms with E-state index in [0.717, 1.165) is 44.3 Å². The quantitative estimate of drug-likeness (QED) is 0.423. The van der Waals surface area contributed by atoms with E-state index in [4.69, 9.17) is 9.47 Å². The molecular formula is C29H42BrN3O6.